The van der Waals surface area contributed by atoms with Gasteiger partial charge in [0, 0.05) is 18.3 Å². The van der Waals surface area contributed by atoms with Gasteiger partial charge in [-0.1, -0.05) is 6.07 Å². The molecular formula is C11H16N2O2. The average molecular weight is 208 g/mol. The molecule has 4 nitrogen and oxygen atoms in total. The normalized spacial score (nSPS) is 9.73. The van der Waals surface area contributed by atoms with Crippen LogP contribution in [-0.2, 0) is 4.79 Å². The number of carbonyl (C=O) groups excluding carboxylic acids is 1. The molecule has 0 aliphatic heterocycles. The average Bonchev–Trinajstić information content (AvgIpc) is 2.24. The van der Waals surface area contributed by atoms with Crippen LogP contribution < -0.4 is 15.8 Å². The zero-order valence-electron chi connectivity index (χ0n) is 9.04. The quantitative estimate of drug-likeness (QED) is 0.728. The van der Waals surface area contributed by atoms with E-state index < -0.39 is 0 Å². The van der Waals surface area contributed by atoms with Crippen LogP contribution in [0.4, 0.5) is 5.69 Å². The molecule has 0 radical (unpaired) electrons. The number of carbonyl (C=O) groups is 1. The van der Waals surface area contributed by atoms with Crippen molar-refractivity contribution in [2.75, 3.05) is 19.4 Å². The van der Waals surface area contributed by atoms with E-state index in [1.807, 2.05) is 25.1 Å². The molecule has 3 N–H and O–H groups in total. The summed E-state index contributed by atoms with van der Waals surface area (Å²) >= 11 is 0. The number of nitrogens with two attached hydrogens (primary N) is 1. The second kappa shape index (κ2) is 5.24. The van der Waals surface area contributed by atoms with Crippen molar-refractivity contribution in [1.29, 1.82) is 0 Å². The molecular weight excluding hydrogens is 192 g/mol. The lowest BCUT2D eigenvalue weighted by atomic mass is 10.2. The first kappa shape index (κ1) is 11.4. The molecule has 0 spiro atoms. The van der Waals surface area contributed by atoms with Gasteiger partial charge >= 0.3 is 0 Å². The largest absolute Gasteiger partial charge is 0.493 e. The maximum atomic E-state index is 10.9. The molecule has 0 atom stereocenters. The molecule has 0 saturated heterocycles. The highest BCUT2D eigenvalue weighted by atomic mass is 16.5. The molecule has 0 heterocycles. The van der Waals surface area contributed by atoms with E-state index in [2.05, 4.69) is 5.32 Å². The van der Waals surface area contributed by atoms with Crippen LogP contribution in [0.5, 0.6) is 5.75 Å². The molecule has 0 bridgehead atoms. The van der Waals surface area contributed by atoms with Crippen molar-refractivity contribution in [3.8, 4) is 5.75 Å². The topological polar surface area (TPSA) is 64.3 Å². The zero-order valence-corrected chi connectivity index (χ0v) is 9.04. The highest BCUT2D eigenvalue weighted by molar-refractivity contribution is 5.75. The SMILES string of the molecule is CNC(=O)CCOc1cccc(N)c1C. The van der Waals surface area contributed by atoms with Crippen molar-refractivity contribution >= 4 is 11.6 Å². The van der Waals surface area contributed by atoms with Crippen LogP contribution in [0.15, 0.2) is 18.2 Å². The van der Waals surface area contributed by atoms with Gasteiger partial charge in [0.25, 0.3) is 0 Å². The number of nitrogens with one attached hydrogen (secondary N) is 1. The number of nitrogen functional groups attached to an aromatic ring is 1. The summed E-state index contributed by atoms with van der Waals surface area (Å²) in [7, 11) is 1.61. The molecule has 0 aliphatic rings. The second-order valence-electron chi connectivity index (χ2n) is 3.24. The van der Waals surface area contributed by atoms with Crippen LogP contribution in [0, 0.1) is 6.92 Å². The molecule has 15 heavy (non-hydrogen) atoms. The van der Waals surface area contributed by atoms with E-state index in [1.54, 1.807) is 7.05 Å². The van der Waals surface area contributed by atoms with Crippen molar-refractivity contribution in [2.24, 2.45) is 0 Å². The van der Waals surface area contributed by atoms with Crippen LogP contribution >= 0.6 is 0 Å². The summed E-state index contributed by atoms with van der Waals surface area (Å²) in [5.74, 6) is 0.704. The second-order valence-corrected chi connectivity index (χ2v) is 3.24. The maximum Gasteiger partial charge on any atom is 0.223 e. The molecule has 1 aromatic rings. The summed E-state index contributed by atoms with van der Waals surface area (Å²) in [6, 6.07) is 5.49. The number of benzene rings is 1. The Morgan fingerprint density at radius 3 is 2.93 bits per heavy atom. The Hall–Kier alpha value is -1.71. The van der Waals surface area contributed by atoms with Crippen molar-refractivity contribution in [1.82, 2.24) is 5.32 Å². The number of hydrogen-bond donors (Lipinski definition) is 2. The number of amides is 1. The van der Waals surface area contributed by atoms with Gasteiger partial charge in [-0.05, 0) is 19.1 Å². The van der Waals surface area contributed by atoms with E-state index in [4.69, 9.17) is 10.5 Å². The Balaban J connectivity index is 2.51. The van der Waals surface area contributed by atoms with Crippen LogP contribution in [0.3, 0.4) is 0 Å². The fraction of sp³-hybridized carbons (Fsp3) is 0.364. The van der Waals surface area contributed by atoms with E-state index in [0.29, 0.717) is 18.7 Å². The Bertz CT molecular complexity index is 350. The molecule has 0 fully saturated rings. The molecule has 0 aliphatic carbocycles. The minimum Gasteiger partial charge on any atom is -0.493 e. The minimum atomic E-state index is -0.0310. The predicted molar refractivity (Wildman–Crippen MR) is 59.8 cm³/mol. The number of rotatable bonds is 4. The first-order valence-electron chi connectivity index (χ1n) is 4.83. The fourth-order valence-corrected chi connectivity index (χ4v) is 1.17. The van der Waals surface area contributed by atoms with Crippen LogP contribution in [-0.4, -0.2) is 19.6 Å². The van der Waals surface area contributed by atoms with Gasteiger partial charge in [0.05, 0.1) is 13.0 Å². The first-order valence-corrected chi connectivity index (χ1v) is 4.83. The van der Waals surface area contributed by atoms with Gasteiger partial charge in [0.15, 0.2) is 0 Å². The van der Waals surface area contributed by atoms with Gasteiger partial charge in [-0.25, -0.2) is 0 Å². The van der Waals surface area contributed by atoms with Crippen LogP contribution in [0.2, 0.25) is 0 Å². The lowest BCUT2D eigenvalue weighted by Crippen LogP contribution is -2.20. The molecule has 1 aromatic carbocycles. The van der Waals surface area contributed by atoms with Gasteiger partial charge in [-0.3, -0.25) is 4.79 Å². The standard InChI is InChI=1S/C11H16N2O2/c1-8-9(12)4-3-5-10(8)15-7-6-11(14)13-2/h3-5H,6-7,12H2,1-2H3,(H,13,14). The van der Waals surface area contributed by atoms with Gasteiger partial charge in [0.2, 0.25) is 5.91 Å². The smallest absolute Gasteiger partial charge is 0.223 e. The summed E-state index contributed by atoms with van der Waals surface area (Å²) in [5, 5.41) is 2.53. The third-order valence-electron chi connectivity index (χ3n) is 2.19. The Kier molecular flexibility index (Phi) is 3.97. The lowest BCUT2D eigenvalue weighted by molar-refractivity contribution is -0.121. The third-order valence-corrected chi connectivity index (χ3v) is 2.19. The molecule has 0 aromatic heterocycles. The zero-order chi connectivity index (χ0) is 11.3. The summed E-state index contributed by atoms with van der Waals surface area (Å²) in [6.07, 6.45) is 0.352. The molecule has 0 unspecified atom stereocenters. The van der Waals surface area contributed by atoms with E-state index in [-0.39, 0.29) is 5.91 Å². The van der Waals surface area contributed by atoms with E-state index in [9.17, 15) is 4.79 Å². The predicted octanol–water partition coefficient (Wildman–Crippen LogP) is 1.09. The number of hydrogen-bond acceptors (Lipinski definition) is 3. The van der Waals surface area contributed by atoms with E-state index in [1.165, 1.54) is 0 Å². The Morgan fingerprint density at radius 2 is 2.27 bits per heavy atom. The fourth-order valence-electron chi connectivity index (χ4n) is 1.17. The minimum absolute atomic E-state index is 0.0310. The Morgan fingerprint density at radius 1 is 1.53 bits per heavy atom. The van der Waals surface area contributed by atoms with Crippen molar-refractivity contribution < 1.29 is 9.53 Å². The highest BCUT2D eigenvalue weighted by Crippen LogP contribution is 2.22. The maximum absolute atomic E-state index is 10.9. The third kappa shape index (κ3) is 3.16. The molecule has 82 valence electrons. The monoisotopic (exact) mass is 208 g/mol. The summed E-state index contributed by atoms with van der Waals surface area (Å²) in [5.41, 5.74) is 7.33. The summed E-state index contributed by atoms with van der Waals surface area (Å²) in [6.45, 7) is 2.26. The van der Waals surface area contributed by atoms with E-state index >= 15 is 0 Å². The van der Waals surface area contributed by atoms with Crippen molar-refractivity contribution in [3.63, 3.8) is 0 Å². The number of ether oxygens (including phenoxy) is 1. The summed E-state index contributed by atoms with van der Waals surface area (Å²) in [4.78, 5) is 10.9. The Labute approximate surface area is 89.4 Å². The van der Waals surface area contributed by atoms with E-state index in [0.717, 1.165) is 11.3 Å². The van der Waals surface area contributed by atoms with Gasteiger partial charge in [0.1, 0.15) is 5.75 Å². The van der Waals surface area contributed by atoms with Gasteiger partial charge in [-0.2, -0.15) is 0 Å². The summed E-state index contributed by atoms with van der Waals surface area (Å²) < 4.78 is 5.45. The van der Waals surface area contributed by atoms with Crippen molar-refractivity contribution in [2.45, 2.75) is 13.3 Å². The van der Waals surface area contributed by atoms with Gasteiger partial charge < -0.3 is 15.8 Å². The van der Waals surface area contributed by atoms with Crippen molar-refractivity contribution in [3.05, 3.63) is 23.8 Å². The molecule has 1 amide bonds. The van der Waals surface area contributed by atoms with Gasteiger partial charge in [-0.15, -0.1) is 0 Å². The van der Waals surface area contributed by atoms with Crippen LogP contribution in [0.25, 0.3) is 0 Å². The molecule has 1 rings (SSSR count). The van der Waals surface area contributed by atoms with Crippen LogP contribution in [0.1, 0.15) is 12.0 Å². The number of anilines is 1. The highest BCUT2D eigenvalue weighted by Gasteiger charge is 2.03. The lowest BCUT2D eigenvalue weighted by Gasteiger charge is -2.09. The molecule has 4 heteroatoms. The molecule has 0 saturated carbocycles. The first-order chi connectivity index (χ1) is 7.15.